The standard InChI is InChI=1S/C11H9N5S.ClH/c1-2-8(4-12-3-1)5-17-11-9-10(14-6-13-9)15-7-16-11;/h1-4,6-7H,5H2,(H,13,14,15,16);1H. The minimum Gasteiger partial charge on any atom is -0.341 e. The molecule has 0 bridgehead atoms. The lowest BCUT2D eigenvalue weighted by molar-refractivity contribution is 1.08. The number of hydrogen-bond donors (Lipinski definition) is 1. The van der Waals surface area contributed by atoms with Gasteiger partial charge in [0.25, 0.3) is 0 Å². The summed E-state index contributed by atoms with van der Waals surface area (Å²) in [4.78, 5) is 19.6. The van der Waals surface area contributed by atoms with Crippen molar-refractivity contribution >= 4 is 35.3 Å². The number of rotatable bonds is 3. The summed E-state index contributed by atoms with van der Waals surface area (Å²) in [5.74, 6) is 0.832. The van der Waals surface area contributed by atoms with Crippen LogP contribution in [-0.2, 0) is 5.75 Å². The van der Waals surface area contributed by atoms with Gasteiger partial charge in [-0.25, -0.2) is 15.0 Å². The number of hydrogen-bond acceptors (Lipinski definition) is 5. The second kappa shape index (κ2) is 5.79. The highest BCUT2D eigenvalue weighted by Gasteiger charge is 2.06. The molecule has 0 aliphatic carbocycles. The average Bonchev–Trinajstić information content (AvgIpc) is 2.86. The Morgan fingerprint density at radius 3 is 3.00 bits per heavy atom. The normalized spacial score (nSPS) is 10.2. The van der Waals surface area contributed by atoms with Gasteiger partial charge in [-0.15, -0.1) is 12.4 Å². The fourth-order valence-corrected chi connectivity index (χ4v) is 2.38. The van der Waals surface area contributed by atoms with Crippen molar-refractivity contribution in [3.05, 3.63) is 42.7 Å². The van der Waals surface area contributed by atoms with Crippen molar-refractivity contribution in [2.24, 2.45) is 0 Å². The predicted octanol–water partition coefficient (Wildman–Crippen LogP) is 2.46. The molecule has 18 heavy (non-hydrogen) atoms. The van der Waals surface area contributed by atoms with Crippen LogP contribution >= 0.6 is 24.2 Å². The van der Waals surface area contributed by atoms with Crippen LogP contribution in [0.5, 0.6) is 0 Å². The summed E-state index contributed by atoms with van der Waals surface area (Å²) in [7, 11) is 0. The number of halogens is 1. The molecule has 0 unspecified atom stereocenters. The van der Waals surface area contributed by atoms with Crippen molar-refractivity contribution in [1.29, 1.82) is 0 Å². The highest BCUT2D eigenvalue weighted by Crippen LogP contribution is 2.24. The Morgan fingerprint density at radius 1 is 1.22 bits per heavy atom. The lowest BCUT2D eigenvalue weighted by Gasteiger charge is -2.01. The summed E-state index contributed by atoms with van der Waals surface area (Å²) in [6.45, 7) is 0. The van der Waals surface area contributed by atoms with Gasteiger partial charge in [-0.2, -0.15) is 0 Å². The van der Waals surface area contributed by atoms with Crippen LogP contribution in [-0.4, -0.2) is 24.9 Å². The van der Waals surface area contributed by atoms with E-state index >= 15 is 0 Å². The first kappa shape index (κ1) is 12.8. The first-order valence-corrected chi connectivity index (χ1v) is 6.08. The monoisotopic (exact) mass is 279 g/mol. The largest absolute Gasteiger partial charge is 0.341 e. The van der Waals surface area contributed by atoms with Crippen molar-refractivity contribution in [2.45, 2.75) is 10.8 Å². The molecule has 92 valence electrons. The summed E-state index contributed by atoms with van der Waals surface area (Å²) in [5, 5.41) is 0.913. The summed E-state index contributed by atoms with van der Waals surface area (Å²) in [6.07, 6.45) is 6.80. The fraction of sp³-hybridized carbons (Fsp3) is 0.0909. The van der Waals surface area contributed by atoms with Gasteiger partial charge >= 0.3 is 0 Å². The van der Waals surface area contributed by atoms with Gasteiger partial charge < -0.3 is 4.98 Å². The minimum atomic E-state index is 0. The summed E-state index contributed by atoms with van der Waals surface area (Å²) in [6, 6.07) is 3.98. The molecule has 0 amide bonds. The maximum atomic E-state index is 4.25. The maximum absolute atomic E-state index is 4.25. The highest BCUT2D eigenvalue weighted by molar-refractivity contribution is 7.98. The van der Waals surface area contributed by atoms with Crippen LogP contribution in [0.25, 0.3) is 11.2 Å². The molecule has 3 aromatic rings. The number of nitrogens with zero attached hydrogens (tertiary/aromatic N) is 4. The van der Waals surface area contributed by atoms with Crippen LogP contribution < -0.4 is 0 Å². The topological polar surface area (TPSA) is 67.3 Å². The molecule has 1 N–H and O–H groups in total. The molecule has 0 saturated carbocycles. The Labute approximate surface area is 114 Å². The Balaban J connectivity index is 0.00000120. The van der Waals surface area contributed by atoms with Crippen molar-refractivity contribution < 1.29 is 0 Å². The van der Waals surface area contributed by atoms with Crippen LogP contribution in [0.3, 0.4) is 0 Å². The van der Waals surface area contributed by atoms with E-state index in [0.29, 0.717) is 5.65 Å². The Bertz CT molecular complexity index is 627. The number of aromatic amines is 1. The van der Waals surface area contributed by atoms with Gasteiger partial charge in [0.2, 0.25) is 0 Å². The Hall–Kier alpha value is -1.66. The van der Waals surface area contributed by atoms with E-state index in [1.165, 1.54) is 11.9 Å². The van der Waals surface area contributed by atoms with Crippen molar-refractivity contribution in [3.63, 3.8) is 0 Å². The van der Waals surface area contributed by atoms with Crippen molar-refractivity contribution in [2.75, 3.05) is 0 Å². The van der Waals surface area contributed by atoms with E-state index in [4.69, 9.17) is 0 Å². The number of nitrogens with one attached hydrogen (secondary N) is 1. The maximum Gasteiger partial charge on any atom is 0.181 e. The first-order chi connectivity index (χ1) is 8.43. The molecule has 3 aromatic heterocycles. The van der Waals surface area contributed by atoms with E-state index < -0.39 is 0 Å². The van der Waals surface area contributed by atoms with E-state index in [1.807, 2.05) is 18.3 Å². The smallest absolute Gasteiger partial charge is 0.181 e. The highest BCUT2D eigenvalue weighted by atomic mass is 35.5. The van der Waals surface area contributed by atoms with E-state index in [9.17, 15) is 0 Å². The number of pyridine rings is 1. The van der Waals surface area contributed by atoms with Gasteiger partial charge in [0.15, 0.2) is 5.65 Å². The molecule has 0 aromatic carbocycles. The molecule has 5 nitrogen and oxygen atoms in total. The van der Waals surface area contributed by atoms with Gasteiger partial charge in [-0.3, -0.25) is 4.98 Å². The van der Waals surface area contributed by atoms with Gasteiger partial charge in [0, 0.05) is 18.1 Å². The van der Waals surface area contributed by atoms with Gasteiger partial charge in [-0.05, 0) is 11.6 Å². The molecule has 0 aliphatic rings. The molecule has 3 heterocycles. The molecule has 7 heteroatoms. The zero-order chi connectivity index (χ0) is 11.5. The second-order valence-electron chi connectivity index (χ2n) is 3.43. The molecule has 0 radical (unpaired) electrons. The molecule has 0 fully saturated rings. The van der Waals surface area contributed by atoms with Crippen LogP contribution in [0.15, 0.2) is 42.2 Å². The van der Waals surface area contributed by atoms with Crippen LogP contribution in [0.1, 0.15) is 5.56 Å². The number of thioether (sulfide) groups is 1. The van der Waals surface area contributed by atoms with E-state index in [0.717, 1.165) is 16.3 Å². The summed E-state index contributed by atoms with van der Waals surface area (Å²) in [5.41, 5.74) is 2.76. The van der Waals surface area contributed by atoms with Crippen LogP contribution in [0.2, 0.25) is 0 Å². The van der Waals surface area contributed by atoms with Gasteiger partial charge in [0.05, 0.1) is 6.33 Å². The van der Waals surface area contributed by atoms with E-state index in [-0.39, 0.29) is 12.4 Å². The SMILES string of the molecule is Cl.c1cncc(CSc2ncnc3nc[nH]c23)c1. The fourth-order valence-electron chi connectivity index (χ4n) is 1.49. The zero-order valence-corrected chi connectivity index (χ0v) is 10.9. The van der Waals surface area contributed by atoms with Gasteiger partial charge in [-0.1, -0.05) is 17.8 Å². The molecule has 0 aliphatic heterocycles. The average molecular weight is 280 g/mol. The van der Waals surface area contributed by atoms with Gasteiger partial charge in [0.1, 0.15) is 16.9 Å². The third-order valence-electron chi connectivity index (χ3n) is 2.29. The molecular weight excluding hydrogens is 270 g/mol. The lowest BCUT2D eigenvalue weighted by Crippen LogP contribution is -1.87. The second-order valence-corrected chi connectivity index (χ2v) is 4.39. The van der Waals surface area contributed by atoms with Crippen molar-refractivity contribution in [1.82, 2.24) is 24.9 Å². The number of aromatic nitrogens is 5. The molecular formula is C11H10ClN5S. The van der Waals surface area contributed by atoms with Crippen LogP contribution in [0.4, 0.5) is 0 Å². The lowest BCUT2D eigenvalue weighted by atomic mass is 10.3. The molecule has 0 saturated heterocycles. The Kier molecular flexibility index (Phi) is 4.11. The molecule has 3 rings (SSSR count). The molecule has 0 spiro atoms. The predicted molar refractivity (Wildman–Crippen MR) is 72.7 cm³/mol. The summed E-state index contributed by atoms with van der Waals surface area (Å²) < 4.78 is 0. The van der Waals surface area contributed by atoms with Crippen molar-refractivity contribution in [3.8, 4) is 0 Å². The van der Waals surface area contributed by atoms with E-state index in [2.05, 4.69) is 24.9 Å². The minimum absolute atomic E-state index is 0. The molecule has 0 atom stereocenters. The van der Waals surface area contributed by atoms with E-state index in [1.54, 1.807) is 24.3 Å². The number of H-pyrrole nitrogens is 1. The summed E-state index contributed by atoms with van der Waals surface area (Å²) >= 11 is 1.65. The first-order valence-electron chi connectivity index (χ1n) is 5.09. The Morgan fingerprint density at radius 2 is 2.17 bits per heavy atom. The quantitative estimate of drug-likeness (QED) is 0.589. The third-order valence-corrected chi connectivity index (χ3v) is 3.35. The van der Waals surface area contributed by atoms with Crippen LogP contribution in [0, 0.1) is 0 Å². The zero-order valence-electron chi connectivity index (χ0n) is 9.28. The third kappa shape index (κ3) is 2.60. The number of fused-ring (bicyclic) bond motifs is 1. The number of imidazole rings is 1.